The third-order valence-corrected chi connectivity index (χ3v) is 2.13. The molecule has 0 saturated carbocycles. The Bertz CT molecular complexity index is 524. The fourth-order valence-corrected chi connectivity index (χ4v) is 1.56. The number of rotatable bonds is 1. The summed E-state index contributed by atoms with van der Waals surface area (Å²) in [6.45, 7) is 5.67. The molecule has 1 aliphatic heterocycles. The second-order valence-corrected chi connectivity index (χ2v) is 5.12. The first-order chi connectivity index (χ1) is 8.65. The van der Waals surface area contributed by atoms with Crippen LogP contribution >= 0.6 is 0 Å². The van der Waals surface area contributed by atoms with Crippen LogP contribution in [0.3, 0.4) is 0 Å². The maximum absolute atomic E-state index is 12.8. The summed E-state index contributed by atoms with van der Waals surface area (Å²) in [4.78, 5) is 4.19. The lowest BCUT2D eigenvalue weighted by Crippen LogP contribution is -2.27. The standard InChI is InChI=1S/C12H15F2N3O2/c1-11(2,3)17-10(15)16-7-4-5-8-9(6-7)19-12(13,14)18-8/h4-6H,1-3H3,(H3,15,16,17). The Hall–Kier alpha value is -2.05. The number of hydrogen-bond acceptors (Lipinski definition) is 3. The van der Waals surface area contributed by atoms with Crippen LogP contribution in [0.25, 0.3) is 0 Å². The molecule has 104 valence electrons. The molecule has 1 aromatic rings. The summed E-state index contributed by atoms with van der Waals surface area (Å²) in [6.07, 6.45) is -3.62. The summed E-state index contributed by atoms with van der Waals surface area (Å²) in [7, 11) is 0. The highest BCUT2D eigenvalue weighted by molar-refractivity contribution is 5.92. The molecule has 0 bridgehead atoms. The summed E-state index contributed by atoms with van der Waals surface area (Å²) < 4.78 is 34.3. The number of nitrogens with one attached hydrogen (secondary N) is 1. The molecular weight excluding hydrogens is 256 g/mol. The molecule has 2 rings (SSSR count). The van der Waals surface area contributed by atoms with Gasteiger partial charge in [-0.3, -0.25) is 0 Å². The van der Waals surface area contributed by atoms with Crippen LogP contribution in [0.2, 0.25) is 0 Å². The van der Waals surface area contributed by atoms with E-state index in [1.54, 1.807) is 6.07 Å². The van der Waals surface area contributed by atoms with Crippen molar-refractivity contribution in [2.45, 2.75) is 32.6 Å². The lowest BCUT2D eigenvalue weighted by molar-refractivity contribution is -0.286. The van der Waals surface area contributed by atoms with E-state index >= 15 is 0 Å². The van der Waals surface area contributed by atoms with Crippen LogP contribution in [-0.2, 0) is 0 Å². The first kappa shape index (κ1) is 13.4. The minimum absolute atomic E-state index is 0.0121. The third kappa shape index (κ3) is 3.46. The topological polar surface area (TPSA) is 68.9 Å². The molecule has 0 aliphatic carbocycles. The number of fused-ring (bicyclic) bond motifs is 1. The SMILES string of the molecule is CC(C)(C)N=C(N)Nc1ccc2c(c1)OC(F)(F)O2. The van der Waals surface area contributed by atoms with E-state index in [4.69, 9.17) is 5.73 Å². The van der Waals surface area contributed by atoms with Crippen LogP contribution < -0.4 is 20.5 Å². The number of halogens is 2. The van der Waals surface area contributed by atoms with E-state index in [1.807, 2.05) is 20.8 Å². The van der Waals surface area contributed by atoms with Gasteiger partial charge in [0.05, 0.1) is 5.54 Å². The van der Waals surface area contributed by atoms with Crippen LogP contribution in [-0.4, -0.2) is 17.8 Å². The van der Waals surface area contributed by atoms with Crippen LogP contribution in [0.1, 0.15) is 20.8 Å². The molecule has 0 spiro atoms. The molecule has 1 aliphatic rings. The monoisotopic (exact) mass is 271 g/mol. The van der Waals surface area contributed by atoms with Gasteiger partial charge in [0.25, 0.3) is 0 Å². The largest absolute Gasteiger partial charge is 0.586 e. The third-order valence-electron chi connectivity index (χ3n) is 2.13. The average Bonchev–Trinajstić information content (AvgIpc) is 2.47. The molecule has 19 heavy (non-hydrogen) atoms. The number of anilines is 1. The van der Waals surface area contributed by atoms with Crippen molar-refractivity contribution in [1.29, 1.82) is 0 Å². The van der Waals surface area contributed by atoms with Gasteiger partial charge in [-0.1, -0.05) is 0 Å². The molecule has 5 nitrogen and oxygen atoms in total. The van der Waals surface area contributed by atoms with E-state index in [-0.39, 0.29) is 23.0 Å². The summed E-state index contributed by atoms with van der Waals surface area (Å²) in [5, 5.41) is 2.80. The minimum Gasteiger partial charge on any atom is -0.395 e. The Labute approximate surface area is 109 Å². The van der Waals surface area contributed by atoms with Gasteiger partial charge < -0.3 is 20.5 Å². The molecule has 0 radical (unpaired) electrons. The van der Waals surface area contributed by atoms with Gasteiger partial charge in [-0.15, -0.1) is 8.78 Å². The average molecular weight is 271 g/mol. The summed E-state index contributed by atoms with van der Waals surface area (Å²) in [5.74, 6) is 0.138. The van der Waals surface area contributed by atoms with Crippen LogP contribution in [0.15, 0.2) is 23.2 Å². The van der Waals surface area contributed by atoms with E-state index in [1.165, 1.54) is 12.1 Å². The fraction of sp³-hybridized carbons (Fsp3) is 0.417. The first-order valence-corrected chi connectivity index (χ1v) is 5.67. The van der Waals surface area contributed by atoms with Gasteiger partial charge in [0.15, 0.2) is 17.5 Å². The van der Waals surface area contributed by atoms with Crippen molar-refractivity contribution in [1.82, 2.24) is 0 Å². The quantitative estimate of drug-likeness (QED) is 0.608. The number of aliphatic imine (C=N–C) groups is 1. The van der Waals surface area contributed by atoms with Gasteiger partial charge in [0.1, 0.15) is 0 Å². The highest BCUT2D eigenvalue weighted by Gasteiger charge is 2.43. The van der Waals surface area contributed by atoms with Crippen LogP contribution in [0.4, 0.5) is 14.5 Å². The lowest BCUT2D eigenvalue weighted by Gasteiger charge is -2.14. The van der Waals surface area contributed by atoms with E-state index < -0.39 is 6.29 Å². The van der Waals surface area contributed by atoms with Crippen LogP contribution in [0, 0.1) is 0 Å². The summed E-state index contributed by atoms with van der Waals surface area (Å²) >= 11 is 0. The minimum atomic E-state index is -3.62. The van der Waals surface area contributed by atoms with Gasteiger partial charge in [-0.2, -0.15) is 0 Å². The smallest absolute Gasteiger partial charge is 0.395 e. The molecule has 0 fully saturated rings. The molecule has 0 saturated heterocycles. The van der Waals surface area contributed by atoms with E-state index in [9.17, 15) is 8.78 Å². The second-order valence-electron chi connectivity index (χ2n) is 5.12. The van der Waals surface area contributed by atoms with Crippen molar-refractivity contribution in [2.75, 3.05) is 5.32 Å². The maximum Gasteiger partial charge on any atom is 0.586 e. The highest BCUT2D eigenvalue weighted by Crippen LogP contribution is 2.42. The first-order valence-electron chi connectivity index (χ1n) is 5.67. The number of ether oxygens (including phenoxy) is 2. The van der Waals surface area contributed by atoms with Gasteiger partial charge in [0.2, 0.25) is 0 Å². The zero-order valence-electron chi connectivity index (χ0n) is 10.8. The Morgan fingerprint density at radius 3 is 2.53 bits per heavy atom. The predicted molar refractivity (Wildman–Crippen MR) is 67.6 cm³/mol. The van der Waals surface area contributed by atoms with E-state index in [2.05, 4.69) is 19.8 Å². The number of hydrogen-bond donors (Lipinski definition) is 2. The van der Waals surface area contributed by atoms with Crippen molar-refractivity contribution in [3.8, 4) is 11.5 Å². The molecule has 0 amide bonds. The Morgan fingerprint density at radius 2 is 1.89 bits per heavy atom. The van der Waals surface area contributed by atoms with Crippen LogP contribution in [0.5, 0.6) is 11.5 Å². The molecule has 1 aromatic carbocycles. The van der Waals surface area contributed by atoms with Gasteiger partial charge in [0, 0.05) is 11.8 Å². The van der Waals surface area contributed by atoms with E-state index in [0.29, 0.717) is 5.69 Å². The Balaban J connectivity index is 2.15. The Kier molecular flexibility index (Phi) is 3.00. The zero-order valence-corrected chi connectivity index (χ0v) is 10.8. The molecule has 1 heterocycles. The van der Waals surface area contributed by atoms with Crippen molar-refractivity contribution in [2.24, 2.45) is 10.7 Å². The number of nitrogens with zero attached hydrogens (tertiary/aromatic N) is 1. The van der Waals surface area contributed by atoms with Crippen molar-refractivity contribution in [3.63, 3.8) is 0 Å². The molecule has 3 N–H and O–H groups in total. The Morgan fingerprint density at radius 1 is 1.26 bits per heavy atom. The fourth-order valence-electron chi connectivity index (χ4n) is 1.56. The predicted octanol–water partition coefficient (Wildman–Crippen LogP) is 2.53. The molecule has 7 heteroatoms. The molecule has 0 unspecified atom stereocenters. The normalized spacial score (nSPS) is 17.4. The second kappa shape index (κ2) is 4.25. The van der Waals surface area contributed by atoms with Gasteiger partial charge in [-0.05, 0) is 32.9 Å². The maximum atomic E-state index is 12.8. The van der Waals surface area contributed by atoms with Crippen molar-refractivity contribution >= 4 is 11.6 Å². The van der Waals surface area contributed by atoms with E-state index in [0.717, 1.165) is 0 Å². The number of alkyl halides is 2. The molecule has 0 atom stereocenters. The highest BCUT2D eigenvalue weighted by atomic mass is 19.3. The summed E-state index contributed by atoms with van der Waals surface area (Å²) in [5.41, 5.74) is 5.87. The number of guanidine groups is 1. The van der Waals surface area contributed by atoms with Crippen molar-refractivity contribution < 1.29 is 18.3 Å². The molecule has 0 aromatic heterocycles. The van der Waals surface area contributed by atoms with Gasteiger partial charge >= 0.3 is 6.29 Å². The number of benzene rings is 1. The van der Waals surface area contributed by atoms with Gasteiger partial charge in [-0.25, -0.2) is 4.99 Å². The summed E-state index contributed by atoms with van der Waals surface area (Å²) in [6, 6.07) is 4.30. The zero-order chi connectivity index (χ0) is 14.3. The lowest BCUT2D eigenvalue weighted by atomic mass is 10.1. The molecular formula is C12H15F2N3O2. The van der Waals surface area contributed by atoms with Crippen molar-refractivity contribution in [3.05, 3.63) is 18.2 Å². The number of nitrogens with two attached hydrogens (primary N) is 1.